The zero-order valence-electron chi connectivity index (χ0n) is 10.5. The molecule has 0 bridgehead atoms. The van der Waals surface area contributed by atoms with Crippen LogP contribution in [0.1, 0.15) is 36.0 Å². The Morgan fingerprint density at radius 2 is 2.00 bits per heavy atom. The number of nitrogens with one attached hydrogen (secondary N) is 1. The lowest BCUT2D eigenvalue weighted by Crippen LogP contribution is -2.43. The highest BCUT2D eigenvalue weighted by molar-refractivity contribution is 14.1. The number of hydrogen-bond acceptors (Lipinski definition) is 2. The summed E-state index contributed by atoms with van der Waals surface area (Å²) in [5.74, 6) is -0.912. The van der Waals surface area contributed by atoms with Crippen LogP contribution in [0.3, 0.4) is 0 Å². The number of aliphatic carboxylic acids is 1. The number of amides is 1. The Bertz CT molecular complexity index is 497. The van der Waals surface area contributed by atoms with Crippen molar-refractivity contribution in [2.45, 2.75) is 25.7 Å². The van der Waals surface area contributed by atoms with Gasteiger partial charge in [0, 0.05) is 10.1 Å². The van der Waals surface area contributed by atoms with Gasteiger partial charge in [-0.15, -0.1) is 0 Å². The highest BCUT2D eigenvalue weighted by atomic mass is 127. The number of carbonyl (C=O) groups is 2. The quantitative estimate of drug-likeness (QED) is 0.780. The fourth-order valence-corrected chi connectivity index (χ4v) is 3.05. The predicted octanol–water partition coefficient (Wildman–Crippen LogP) is 2.67. The lowest BCUT2D eigenvalue weighted by Gasteiger charge is -2.40. The lowest BCUT2D eigenvalue weighted by atomic mass is 9.66. The zero-order valence-corrected chi connectivity index (χ0v) is 12.6. The van der Waals surface area contributed by atoms with E-state index in [0.29, 0.717) is 12.1 Å². The molecule has 1 aliphatic carbocycles. The van der Waals surface area contributed by atoms with Crippen molar-refractivity contribution in [1.29, 1.82) is 0 Å². The maximum atomic E-state index is 12.1. The number of benzene rings is 1. The summed E-state index contributed by atoms with van der Waals surface area (Å²) in [5.41, 5.74) is 0.412. The minimum absolute atomic E-state index is 0.123. The average molecular weight is 373 g/mol. The Hall–Kier alpha value is -1.11. The smallest absolute Gasteiger partial charge is 0.303 e. The molecule has 19 heavy (non-hydrogen) atoms. The molecule has 1 fully saturated rings. The van der Waals surface area contributed by atoms with Gasteiger partial charge in [0.25, 0.3) is 5.91 Å². The van der Waals surface area contributed by atoms with Crippen LogP contribution >= 0.6 is 22.6 Å². The van der Waals surface area contributed by atoms with Crippen molar-refractivity contribution in [2.24, 2.45) is 5.41 Å². The molecule has 5 heteroatoms. The van der Waals surface area contributed by atoms with Gasteiger partial charge in [0.1, 0.15) is 0 Å². The Balaban J connectivity index is 1.97. The van der Waals surface area contributed by atoms with E-state index in [9.17, 15) is 9.59 Å². The Morgan fingerprint density at radius 3 is 2.53 bits per heavy atom. The molecule has 0 aliphatic heterocycles. The van der Waals surface area contributed by atoms with Gasteiger partial charge in [-0.25, -0.2) is 0 Å². The van der Waals surface area contributed by atoms with E-state index in [1.165, 1.54) is 0 Å². The number of carboxylic acid groups (broad SMARTS) is 1. The van der Waals surface area contributed by atoms with Crippen LogP contribution in [0.4, 0.5) is 0 Å². The molecule has 1 aromatic rings. The molecule has 2 rings (SSSR count). The van der Waals surface area contributed by atoms with Gasteiger partial charge in [-0.2, -0.15) is 0 Å². The summed E-state index contributed by atoms with van der Waals surface area (Å²) in [6, 6.07) is 7.37. The van der Waals surface area contributed by atoms with E-state index in [1.54, 1.807) is 6.07 Å². The fraction of sp³-hybridized carbons (Fsp3) is 0.429. The average Bonchev–Trinajstić information content (AvgIpc) is 2.32. The van der Waals surface area contributed by atoms with Gasteiger partial charge >= 0.3 is 5.97 Å². The third kappa shape index (κ3) is 3.46. The van der Waals surface area contributed by atoms with Gasteiger partial charge in [-0.1, -0.05) is 18.6 Å². The van der Waals surface area contributed by atoms with E-state index < -0.39 is 5.97 Å². The Kier molecular flexibility index (Phi) is 4.44. The molecule has 1 amide bonds. The largest absolute Gasteiger partial charge is 0.481 e. The number of carboxylic acids is 1. The number of hydrogen-bond donors (Lipinski definition) is 2. The molecule has 0 heterocycles. The predicted molar refractivity (Wildman–Crippen MR) is 80.0 cm³/mol. The van der Waals surface area contributed by atoms with Crippen LogP contribution in [-0.4, -0.2) is 23.5 Å². The van der Waals surface area contributed by atoms with Crippen LogP contribution in [-0.2, 0) is 4.79 Å². The molecule has 0 unspecified atom stereocenters. The van der Waals surface area contributed by atoms with E-state index in [4.69, 9.17) is 5.11 Å². The molecule has 0 atom stereocenters. The summed E-state index contributed by atoms with van der Waals surface area (Å²) >= 11 is 2.12. The second-order valence-corrected chi connectivity index (χ2v) is 6.25. The fourth-order valence-electron chi connectivity index (χ4n) is 2.42. The van der Waals surface area contributed by atoms with Gasteiger partial charge in [0.2, 0.25) is 0 Å². The van der Waals surface area contributed by atoms with Crippen molar-refractivity contribution in [3.8, 4) is 0 Å². The molecule has 0 spiro atoms. The van der Waals surface area contributed by atoms with E-state index in [2.05, 4.69) is 27.9 Å². The van der Waals surface area contributed by atoms with E-state index >= 15 is 0 Å². The molecular formula is C14H16INO3. The highest BCUT2D eigenvalue weighted by Crippen LogP contribution is 2.43. The second-order valence-electron chi connectivity index (χ2n) is 5.09. The maximum absolute atomic E-state index is 12.1. The van der Waals surface area contributed by atoms with E-state index in [-0.39, 0.29) is 17.7 Å². The van der Waals surface area contributed by atoms with Crippen LogP contribution in [0.5, 0.6) is 0 Å². The molecule has 102 valence electrons. The summed E-state index contributed by atoms with van der Waals surface area (Å²) in [4.78, 5) is 22.9. The van der Waals surface area contributed by atoms with Gasteiger partial charge in [-0.3, -0.25) is 9.59 Å². The first-order valence-electron chi connectivity index (χ1n) is 6.27. The van der Waals surface area contributed by atoms with Crippen molar-refractivity contribution in [3.05, 3.63) is 33.4 Å². The standard InChI is InChI=1S/C14H16INO3/c15-11-5-2-1-4-10(11)13(19)16-9-14(6-3-7-14)8-12(17)18/h1-2,4-5H,3,6-9H2,(H,16,19)(H,17,18). The SMILES string of the molecule is O=C(O)CC1(CNC(=O)c2ccccc2I)CCC1. The summed E-state index contributed by atoms with van der Waals surface area (Å²) in [7, 11) is 0. The summed E-state index contributed by atoms with van der Waals surface area (Å²) in [6.07, 6.45) is 2.95. The molecule has 0 radical (unpaired) electrons. The lowest BCUT2D eigenvalue weighted by molar-refractivity contribution is -0.141. The number of rotatable bonds is 5. The Morgan fingerprint density at radius 1 is 1.32 bits per heavy atom. The molecule has 1 saturated carbocycles. The summed E-state index contributed by atoms with van der Waals surface area (Å²) < 4.78 is 0.901. The van der Waals surface area contributed by atoms with Gasteiger partial charge < -0.3 is 10.4 Å². The van der Waals surface area contributed by atoms with Crippen molar-refractivity contribution < 1.29 is 14.7 Å². The zero-order chi connectivity index (χ0) is 13.9. The van der Waals surface area contributed by atoms with Crippen molar-refractivity contribution >= 4 is 34.5 Å². The van der Waals surface area contributed by atoms with Crippen LogP contribution in [0.15, 0.2) is 24.3 Å². The van der Waals surface area contributed by atoms with Crippen molar-refractivity contribution in [2.75, 3.05) is 6.54 Å². The topological polar surface area (TPSA) is 66.4 Å². The van der Waals surface area contributed by atoms with E-state index in [0.717, 1.165) is 22.8 Å². The third-order valence-electron chi connectivity index (χ3n) is 3.68. The molecule has 0 saturated heterocycles. The summed E-state index contributed by atoms with van der Waals surface area (Å²) in [6.45, 7) is 0.448. The molecule has 0 aromatic heterocycles. The minimum Gasteiger partial charge on any atom is -0.481 e. The first kappa shape index (κ1) is 14.3. The highest BCUT2D eigenvalue weighted by Gasteiger charge is 2.39. The molecule has 1 aliphatic rings. The van der Waals surface area contributed by atoms with Gasteiger partial charge in [0.15, 0.2) is 0 Å². The van der Waals surface area contributed by atoms with Gasteiger partial charge in [-0.05, 0) is 53.0 Å². The van der Waals surface area contributed by atoms with Crippen LogP contribution < -0.4 is 5.32 Å². The van der Waals surface area contributed by atoms with E-state index in [1.807, 2.05) is 18.2 Å². The normalized spacial score (nSPS) is 16.5. The first-order valence-corrected chi connectivity index (χ1v) is 7.35. The maximum Gasteiger partial charge on any atom is 0.303 e. The molecule has 4 nitrogen and oxygen atoms in total. The number of carbonyl (C=O) groups excluding carboxylic acids is 1. The van der Waals surface area contributed by atoms with Crippen molar-refractivity contribution in [1.82, 2.24) is 5.32 Å². The minimum atomic E-state index is -0.789. The Labute approximate surface area is 125 Å². The van der Waals surface area contributed by atoms with Crippen LogP contribution in [0.25, 0.3) is 0 Å². The third-order valence-corrected chi connectivity index (χ3v) is 4.62. The van der Waals surface area contributed by atoms with Crippen LogP contribution in [0, 0.1) is 8.99 Å². The molecule has 1 aromatic carbocycles. The number of halogens is 1. The van der Waals surface area contributed by atoms with Crippen LogP contribution in [0.2, 0.25) is 0 Å². The van der Waals surface area contributed by atoms with Gasteiger partial charge in [0.05, 0.1) is 12.0 Å². The monoisotopic (exact) mass is 373 g/mol. The van der Waals surface area contributed by atoms with Crippen molar-refractivity contribution in [3.63, 3.8) is 0 Å². The first-order chi connectivity index (χ1) is 9.02. The summed E-state index contributed by atoms with van der Waals surface area (Å²) in [5, 5.41) is 11.8. The second kappa shape index (κ2) is 5.90. The molecular weight excluding hydrogens is 357 g/mol. The molecule has 2 N–H and O–H groups in total.